The lowest BCUT2D eigenvalue weighted by molar-refractivity contribution is 0.327. The van der Waals surface area contributed by atoms with Crippen LogP contribution in [0.25, 0.3) is 0 Å². The van der Waals surface area contributed by atoms with E-state index in [1.807, 2.05) is 6.07 Å². The Morgan fingerprint density at radius 3 is 1.86 bits per heavy atom. The van der Waals surface area contributed by atoms with E-state index in [4.69, 9.17) is 5.73 Å². The van der Waals surface area contributed by atoms with Gasteiger partial charge in [0.25, 0.3) is 0 Å². The maximum absolute atomic E-state index is 6.17. The summed E-state index contributed by atoms with van der Waals surface area (Å²) in [5.74, 6) is 0. The SMILES string of the molecule is CC(C)(C)C(N)c1cc(Br)cc(Br)c1. The third-order valence-electron chi connectivity index (χ3n) is 2.18. The third kappa shape index (κ3) is 3.07. The molecule has 1 nitrogen and oxygen atoms in total. The lowest BCUT2D eigenvalue weighted by Crippen LogP contribution is -2.26. The summed E-state index contributed by atoms with van der Waals surface area (Å²) < 4.78 is 2.11. The van der Waals surface area contributed by atoms with E-state index in [1.165, 1.54) is 0 Å². The van der Waals surface area contributed by atoms with Gasteiger partial charge < -0.3 is 5.73 Å². The molecule has 3 heteroatoms. The highest BCUT2D eigenvalue weighted by atomic mass is 79.9. The number of hydrogen-bond acceptors (Lipinski definition) is 1. The topological polar surface area (TPSA) is 26.0 Å². The molecule has 0 aromatic heterocycles. The Kier molecular flexibility index (Phi) is 3.78. The van der Waals surface area contributed by atoms with Crippen LogP contribution in [0.1, 0.15) is 32.4 Å². The monoisotopic (exact) mass is 319 g/mol. The molecule has 0 heterocycles. The van der Waals surface area contributed by atoms with Gasteiger partial charge in [0.2, 0.25) is 0 Å². The Balaban J connectivity index is 3.07. The van der Waals surface area contributed by atoms with E-state index in [9.17, 15) is 0 Å². The van der Waals surface area contributed by atoms with Gasteiger partial charge >= 0.3 is 0 Å². The molecule has 0 saturated heterocycles. The first kappa shape index (κ1) is 12.2. The Hall–Kier alpha value is 0.140. The Bertz CT molecular complexity index is 308. The van der Waals surface area contributed by atoms with Gasteiger partial charge in [-0.3, -0.25) is 0 Å². The molecule has 1 aromatic rings. The second-order valence-electron chi connectivity index (χ2n) is 4.55. The second-order valence-corrected chi connectivity index (χ2v) is 6.38. The van der Waals surface area contributed by atoms with Crippen molar-refractivity contribution >= 4 is 31.9 Å². The first-order chi connectivity index (χ1) is 6.30. The van der Waals surface area contributed by atoms with Gasteiger partial charge in [-0.15, -0.1) is 0 Å². The third-order valence-corrected chi connectivity index (χ3v) is 3.09. The van der Waals surface area contributed by atoms with Crippen LogP contribution in [0.4, 0.5) is 0 Å². The van der Waals surface area contributed by atoms with Crippen molar-refractivity contribution in [1.82, 2.24) is 0 Å². The van der Waals surface area contributed by atoms with Crippen LogP contribution in [0.2, 0.25) is 0 Å². The molecule has 1 rings (SSSR count). The van der Waals surface area contributed by atoms with Crippen molar-refractivity contribution in [2.24, 2.45) is 11.1 Å². The normalized spacial score (nSPS) is 14.1. The Labute approximate surface area is 102 Å². The predicted molar refractivity (Wildman–Crippen MR) is 68.2 cm³/mol. The molecule has 0 aliphatic rings. The molecular formula is C11H15Br2N. The maximum Gasteiger partial charge on any atom is 0.0344 e. The van der Waals surface area contributed by atoms with Gasteiger partial charge in [-0.1, -0.05) is 52.6 Å². The number of benzene rings is 1. The second kappa shape index (κ2) is 4.33. The lowest BCUT2D eigenvalue weighted by Gasteiger charge is -2.27. The summed E-state index contributed by atoms with van der Waals surface area (Å²) in [6.07, 6.45) is 0. The molecule has 2 N–H and O–H groups in total. The van der Waals surface area contributed by atoms with E-state index in [2.05, 4.69) is 64.8 Å². The average Bonchev–Trinajstić information content (AvgIpc) is 1.99. The van der Waals surface area contributed by atoms with Crippen molar-refractivity contribution in [3.8, 4) is 0 Å². The molecule has 78 valence electrons. The van der Waals surface area contributed by atoms with Crippen molar-refractivity contribution in [1.29, 1.82) is 0 Å². The minimum absolute atomic E-state index is 0.0521. The molecule has 0 amide bonds. The van der Waals surface area contributed by atoms with Gasteiger partial charge in [-0.2, -0.15) is 0 Å². The molecule has 0 aliphatic carbocycles. The molecule has 1 atom stereocenters. The van der Waals surface area contributed by atoms with Crippen LogP contribution in [0.3, 0.4) is 0 Å². The van der Waals surface area contributed by atoms with Crippen LogP contribution >= 0.6 is 31.9 Å². The number of halogens is 2. The molecule has 14 heavy (non-hydrogen) atoms. The van der Waals surface area contributed by atoms with Gasteiger partial charge in [-0.25, -0.2) is 0 Å². The van der Waals surface area contributed by atoms with Crippen molar-refractivity contribution in [2.45, 2.75) is 26.8 Å². The molecular weight excluding hydrogens is 306 g/mol. The molecule has 0 radical (unpaired) electrons. The maximum atomic E-state index is 6.17. The molecule has 0 bridgehead atoms. The Morgan fingerprint density at radius 1 is 1.07 bits per heavy atom. The zero-order chi connectivity index (χ0) is 10.9. The minimum atomic E-state index is 0.0521. The molecule has 0 fully saturated rings. The molecule has 0 saturated carbocycles. The standard InChI is InChI=1S/C11H15Br2N/c1-11(2,3)10(14)7-4-8(12)6-9(13)5-7/h4-6,10H,14H2,1-3H3. The smallest absolute Gasteiger partial charge is 0.0344 e. The zero-order valence-corrected chi connectivity index (χ0v) is 11.8. The summed E-state index contributed by atoms with van der Waals surface area (Å²) in [6.45, 7) is 6.44. The molecule has 1 unspecified atom stereocenters. The summed E-state index contributed by atoms with van der Waals surface area (Å²) in [5, 5.41) is 0. The highest BCUT2D eigenvalue weighted by Crippen LogP contribution is 2.33. The quantitative estimate of drug-likeness (QED) is 0.822. The summed E-state index contributed by atoms with van der Waals surface area (Å²) in [6, 6.07) is 6.21. The van der Waals surface area contributed by atoms with E-state index in [-0.39, 0.29) is 11.5 Å². The first-order valence-electron chi connectivity index (χ1n) is 4.52. The van der Waals surface area contributed by atoms with Crippen LogP contribution in [0.5, 0.6) is 0 Å². The summed E-state index contributed by atoms with van der Waals surface area (Å²) >= 11 is 6.92. The predicted octanol–water partition coefficient (Wildman–Crippen LogP) is 4.26. The fraction of sp³-hybridized carbons (Fsp3) is 0.455. The average molecular weight is 321 g/mol. The van der Waals surface area contributed by atoms with E-state index in [0.717, 1.165) is 14.5 Å². The van der Waals surface area contributed by atoms with Gasteiger partial charge in [0.15, 0.2) is 0 Å². The highest BCUT2D eigenvalue weighted by Gasteiger charge is 2.22. The van der Waals surface area contributed by atoms with Crippen molar-refractivity contribution in [3.63, 3.8) is 0 Å². The molecule has 1 aromatic carbocycles. The van der Waals surface area contributed by atoms with Crippen molar-refractivity contribution in [2.75, 3.05) is 0 Å². The fourth-order valence-corrected chi connectivity index (χ4v) is 2.58. The summed E-state index contributed by atoms with van der Waals surface area (Å²) in [4.78, 5) is 0. The first-order valence-corrected chi connectivity index (χ1v) is 6.11. The zero-order valence-electron chi connectivity index (χ0n) is 8.64. The van der Waals surface area contributed by atoms with E-state index >= 15 is 0 Å². The van der Waals surface area contributed by atoms with Crippen LogP contribution in [0.15, 0.2) is 27.1 Å². The number of hydrogen-bond donors (Lipinski definition) is 1. The molecule has 0 aliphatic heterocycles. The van der Waals surface area contributed by atoms with Crippen LogP contribution in [-0.2, 0) is 0 Å². The fourth-order valence-electron chi connectivity index (χ4n) is 1.25. The van der Waals surface area contributed by atoms with Gasteiger partial charge in [-0.05, 0) is 29.2 Å². The van der Waals surface area contributed by atoms with Gasteiger partial charge in [0.1, 0.15) is 0 Å². The van der Waals surface area contributed by atoms with Crippen LogP contribution in [0, 0.1) is 5.41 Å². The number of nitrogens with two attached hydrogens (primary N) is 1. The summed E-state index contributed by atoms with van der Waals surface area (Å²) in [5.41, 5.74) is 7.40. The van der Waals surface area contributed by atoms with Gasteiger partial charge in [0, 0.05) is 15.0 Å². The Morgan fingerprint density at radius 2 is 1.50 bits per heavy atom. The van der Waals surface area contributed by atoms with Crippen LogP contribution in [-0.4, -0.2) is 0 Å². The van der Waals surface area contributed by atoms with E-state index in [1.54, 1.807) is 0 Å². The summed E-state index contributed by atoms with van der Waals surface area (Å²) in [7, 11) is 0. The highest BCUT2D eigenvalue weighted by molar-refractivity contribution is 9.11. The lowest BCUT2D eigenvalue weighted by atomic mass is 9.83. The molecule has 0 spiro atoms. The van der Waals surface area contributed by atoms with E-state index in [0.29, 0.717) is 0 Å². The van der Waals surface area contributed by atoms with Gasteiger partial charge in [0.05, 0.1) is 0 Å². The minimum Gasteiger partial charge on any atom is -0.324 e. The van der Waals surface area contributed by atoms with E-state index < -0.39 is 0 Å². The van der Waals surface area contributed by atoms with Crippen LogP contribution < -0.4 is 5.73 Å². The number of rotatable bonds is 1. The largest absolute Gasteiger partial charge is 0.324 e. The van der Waals surface area contributed by atoms with Crippen molar-refractivity contribution in [3.05, 3.63) is 32.7 Å². The van der Waals surface area contributed by atoms with Crippen molar-refractivity contribution < 1.29 is 0 Å².